The Kier molecular flexibility index (Phi) is 6.58. The molecule has 0 aliphatic rings. The fraction of sp³-hybridized carbons (Fsp3) is 0.167. The zero-order chi connectivity index (χ0) is 22.7. The van der Waals surface area contributed by atoms with E-state index >= 15 is 0 Å². The molecule has 1 amide bonds. The van der Waals surface area contributed by atoms with Gasteiger partial charge in [-0.05, 0) is 41.8 Å². The zero-order valence-corrected chi connectivity index (χ0v) is 19.2. The van der Waals surface area contributed by atoms with E-state index in [1.54, 1.807) is 35.0 Å². The second-order valence-corrected chi connectivity index (χ2v) is 8.74. The van der Waals surface area contributed by atoms with Gasteiger partial charge in [0.2, 0.25) is 5.91 Å². The lowest BCUT2D eigenvalue weighted by Crippen LogP contribution is -2.24. The van der Waals surface area contributed by atoms with Gasteiger partial charge in [0.15, 0.2) is 10.3 Å². The number of hydrogen-bond donors (Lipinski definition) is 1. The number of amides is 1. The van der Waals surface area contributed by atoms with Gasteiger partial charge in [0.1, 0.15) is 0 Å². The Hall–Kier alpha value is -3.16. The van der Waals surface area contributed by atoms with Gasteiger partial charge in [-0.1, -0.05) is 67.5 Å². The highest BCUT2D eigenvalue weighted by Gasteiger charge is 2.18. The maximum Gasteiger partial charge on any atom is 0.266 e. The summed E-state index contributed by atoms with van der Waals surface area (Å²) in [7, 11) is 0. The zero-order valence-electron chi connectivity index (χ0n) is 17.6. The normalized spacial score (nSPS) is 11.1. The lowest BCUT2D eigenvalue weighted by Gasteiger charge is -2.18. The number of hydrogen-bond acceptors (Lipinski definition) is 5. The van der Waals surface area contributed by atoms with Crippen LogP contribution in [0.25, 0.3) is 16.6 Å². The molecule has 2 aromatic heterocycles. The van der Waals surface area contributed by atoms with Gasteiger partial charge >= 0.3 is 0 Å². The molecule has 0 spiro atoms. The van der Waals surface area contributed by atoms with E-state index in [4.69, 9.17) is 16.6 Å². The van der Waals surface area contributed by atoms with Gasteiger partial charge in [-0.25, -0.2) is 9.97 Å². The van der Waals surface area contributed by atoms with Gasteiger partial charge in [0, 0.05) is 6.20 Å². The first-order chi connectivity index (χ1) is 15.5. The number of thioether (sulfide) groups is 1. The van der Waals surface area contributed by atoms with E-state index in [0.29, 0.717) is 21.7 Å². The summed E-state index contributed by atoms with van der Waals surface area (Å²) in [6.45, 7) is 4.16. The molecule has 0 saturated carbocycles. The van der Waals surface area contributed by atoms with Crippen molar-refractivity contribution in [2.75, 3.05) is 11.1 Å². The third-order valence-corrected chi connectivity index (χ3v) is 6.15. The lowest BCUT2D eigenvalue weighted by molar-refractivity contribution is -0.113. The topological polar surface area (TPSA) is 76.9 Å². The second kappa shape index (κ2) is 9.54. The summed E-state index contributed by atoms with van der Waals surface area (Å²) in [6.07, 6.45) is 1.55. The summed E-state index contributed by atoms with van der Waals surface area (Å²) in [5, 5.41) is 3.95. The third-order valence-electron chi connectivity index (χ3n) is 4.91. The van der Waals surface area contributed by atoms with E-state index in [1.807, 2.05) is 36.4 Å². The minimum Gasteiger partial charge on any atom is -0.323 e. The maximum atomic E-state index is 13.5. The first kappa shape index (κ1) is 22.0. The number of nitrogens with zero attached hydrogens (tertiary/aromatic N) is 3. The van der Waals surface area contributed by atoms with Gasteiger partial charge in [-0.3, -0.25) is 14.2 Å². The van der Waals surface area contributed by atoms with E-state index in [9.17, 15) is 9.59 Å². The quantitative estimate of drug-likeness (QED) is 0.238. The Morgan fingerprint density at radius 2 is 1.84 bits per heavy atom. The average Bonchev–Trinajstić information content (AvgIpc) is 2.79. The molecule has 0 unspecified atom stereocenters. The van der Waals surface area contributed by atoms with Crippen LogP contribution in [0.5, 0.6) is 0 Å². The Balaban J connectivity index is 1.74. The summed E-state index contributed by atoms with van der Waals surface area (Å²) in [4.78, 5) is 34.7. The summed E-state index contributed by atoms with van der Waals surface area (Å²) in [5.74, 6) is -0.00529. The van der Waals surface area contributed by atoms with Crippen LogP contribution in [0.3, 0.4) is 0 Å². The predicted octanol–water partition coefficient (Wildman–Crippen LogP) is 5.29. The number of pyridine rings is 1. The standard InChI is InChI=1S/C24H21ClN4O2S/c1-15(2)16-8-4-6-12-20(16)29-23(31)17-9-3-5-10-18(17)28-24(29)32-14-21(30)27-19-11-7-13-26-22(19)25/h3-13,15H,14H2,1-2H3,(H,27,30). The summed E-state index contributed by atoms with van der Waals surface area (Å²) in [6, 6.07) is 18.4. The van der Waals surface area contributed by atoms with Crippen molar-refractivity contribution in [2.45, 2.75) is 24.9 Å². The first-order valence-corrected chi connectivity index (χ1v) is 11.5. The minimum atomic E-state index is -0.268. The van der Waals surface area contributed by atoms with Crippen molar-refractivity contribution in [1.29, 1.82) is 0 Å². The van der Waals surface area contributed by atoms with Crippen LogP contribution in [-0.4, -0.2) is 26.2 Å². The van der Waals surface area contributed by atoms with Gasteiger partial charge in [0.05, 0.1) is 28.0 Å². The number of halogens is 1. The monoisotopic (exact) mass is 464 g/mol. The molecule has 1 N–H and O–H groups in total. The van der Waals surface area contributed by atoms with Gasteiger partial charge in [0.25, 0.3) is 5.56 Å². The van der Waals surface area contributed by atoms with Gasteiger partial charge in [-0.2, -0.15) is 0 Å². The third kappa shape index (κ3) is 4.54. The van der Waals surface area contributed by atoms with Crippen molar-refractivity contribution in [3.05, 3.63) is 87.9 Å². The van der Waals surface area contributed by atoms with Crippen LogP contribution >= 0.6 is 23.4 Å². The molecule has 0 saturated heterocycles. The van der Waals surface area contributed by atoms with Gasteiger partial charge in [-0.15, -0.1) is 0 Å². The van der Waals surface area contributed by atoms with Crippen LogP contribution in [-0.2, 0) is 4.79 Å². The number of fused-ring (bicyclic) bond motifs is 1. The number of benzene rings is 2. The number of para-hydroxylation sites is 2. The summed E-state index contributed by atoms with van der Waals surface area (Å²) in [5.41, 5.74) is 2.66. The van der Waals surface area contributed by atoms with E-state index in [-0.39, 0.29) is 28.3 Å². The largest absolute Gasteiger partial charge is 0.323 e. The van der Waals surface area contributed by atoms with Crippen LogP contribution in [0.1, 0.15) is 25.3 Å². The van der Waals surface area contributed by atoms with E-state index < -0.39 is 0 Å². The van der Waals surface area contributed by atoms with Crippen molar-refractivity contribution in [3.8, 4) is 5.69 Å². The fourth-order valence-electron chi connectivity index (χ4n) is 3.40. The predicted molar refractivity (Wildman–Crippen MR) is 130 cm³/mol. The lowest BCUT2D eigenvalue weighted by atomic mass is 10.0. The molecule has 8 heteroatoms. The number of anilines is 1. The number of carbonyl (C=O) groups excluding carboxylic acids is 1. The van der Waals surface area contributed by atoms with Crippen LogP contribution in [0.15, 0.2) is 76.8 Å². The molecule has 0 atom stereocenters. The molecule has 2 heterocycles. The molecule has 4 rings (SSSR count). The van der Waals surface area contributed by atoms with E-state index in [0.717, 1.165) is 11.3 Å². The van der Waals surface area contributed by atoms with Crippen LogP contribution < -0.4 is 10.9 Å². The number of carbonyl (C=O) groups is 1. The molecule has 4 aromatic rings. The Bertz CT molecular complexity index is 1350. The van der Waals surface area contributed by atoms with E-state index in [2.05, 4.69) is 24.1 Å². The number of aromatic nitrogens is 3. The fourth-order valence-corrected chi connectivity index (χ4v) is 4.37. The second-order valence-electron chi connectivity index (χ2n) is 7.44. The Morgan fingerprint density at radius 3 is 2.62 bits per heavy atom. The highest BCUT2D eigenvalue weighted by atomic mass is 35.5. The Morgan fingerprint density at radius 1 is 1.09 bits per heavy atom. The van der Waals surface area contributed by atoms with Crippen molar-refractivity contribution < 1.29 is 4.79 Å². The van der Waals surface area contributed by atoms with E-state index in [1.165, 1.54) is 11.8 Å². The molecule has 0 bridgehead atoms. The summed E-state index contributed by atoms with van der Waals surface area (Å²) >= 11 is 7.23. The van der Waals surface area contributed by atoms with Gasteiger partial charge < -0.3 is 5.32 Å². The SMILES string of the molecule is CC(C)c1ccccc1-n1c(SCC(=O)Nc2cccnc2Cl)nc2ccccc2c1=O. The smallest absolute Gasteiger partial charge is 0.266 e. The molecule has 162 valence electrons. The molecule has 0 aliphatic carbocycles. The van der Waals surface area contributed by atoms with Crippen LogP contribution in [0.4, 0.5) is 5.69 Å². The molecular formula is C24H21ClN4O2S. The van der Waals surface area contributed by atoms with Crippen molar-refractivity contribution in [3.63, 3.8) is 0 Å². The highest BCUT2D eigenvalue weighted by molar-refractivity contribution is 7.99. The molecule has 0 radical (unpaired) electrons. The Labute approximate surface area is 194 Å². The molecule has 32 heavy (non-hydrogen) atoms. The van der Waals surface area contributed by atoms with Crippen molar-refractivity contribution in [2.24, 2.45) is 0 Å². The number of rotatable bonds is 6. The van der Waals surface area contributed by atoms with Crippen molar-refractivity contribution in [1.82, 2.24) is 14.5 Å². The molecule has 2 aromatic carbocycles. The molecule has 0 fully saturated rings. The molecular weight excluding hydrogens is 444 g/mol. The molecule has 0 aliphatic heterocycles. The highest BCUT2D eigenvalue weighted by Crippen LogP contribution is 2.27. The van der Waals surface area contributed by atoms with Crippen LogP contribution in [0, 0.1) is 0 Å². The molecule has 6 nitrogen and oxygen atoms in total. The first-order valence-electron chi connectivity index (χ1n) is 10.1. The number of nitrogens with one attached hydrogen (secondary N) is 1. The van der Waals surface area contributed by atoms with Crippen LogP contribution in [0.2, 0.25) is 5.15 Å². The maximum absolute atomic E-state index is 13.5. The summed E-state index contributed by atoms with van der Waals surface area (Å²) < 4.78 is 1.60. The van der Waals surface area contributed by atoms with Crippen molar-refractivity contribution >= 4 is 45.9 Å². The average molecular weight is 465 g/mol. The minimum absolute atomic E-state index is 0.0554.